The van der Waals surface area contributed by atoms with Gasteiger partial charge in [0.1, 0.15) is 6.04 Å². The largest absolute Gasteiger partial charge is 0.396 e. The number of aromatic nitrogens is 2. The summed E-state index contributed by atoms with van der Waals surface area (Å²) in [6.45, 7) is 0.799. The first-order valence-corrected chi connectivity index (χ1v) is 6.74. The second-order valence-corrected chi connectivity index (χ2v) is 5.30. The van der Waals surface area contributed by atoms with E-state index in [2.05, 4.69) is 10.4 Å². The van der Waals surface area contributed by atoms with E-state index in [0.717, 1.165) is 19.3 Å². The molecule has 0 spiro atoms. The molecule has 1 amide bonds. The summed E-state index contributed by atoms with van der Waals surface area (Å²) in [5.74, 6) is 0.501. The average molecular weight is 266 g/mol. The van der Waals surface area contributed by atoms with Crippen LogP contribution >= 0.6 is 0 Å². The van der Waals surface area contributed by atoms with Gasteiger partial charge in [-0.05, 0) is 24.7 Å². The highest BCUT2D eigenvalue weighted by Crippen LogP contribution is 2.30. The zero-order valence-corrected chi connectivity index (χ0v) is 11.2. The first kappa shape index (κ1) is 14.0. The lowest BCUT2D eigenvalue weighted by molar-refractivity contribution is -0.122. The van der Waals surface area contributed by atoms with Crippen LogP contribution < -0.4 is 11.1 Å². The first-order chi connectivity index (χ1) is 9.11. The van der Waals surface area contributed by atoms with Crippen molar-refractivity contribution in [3.8, 4) is 0 Å². The van der Waals surface area contributed by atoms with Crippen molar-refractivity contribution >= 4 is 5.91 Å². The van der Waals surface area contributed by atoms with E-state index in [1.54, 1.807) is 24.1 Å². The Morgan fingerprint density at radius 3 is 3.00 bits per heavy atom. The number of amides is 1. The minimum Gasteiger partial charge on any atom is -0.396 e. The number of aliphatic hydroxyl groups excluding tert-OH is 1. The minimum atomic E-state index is -0.678. The molecule has 3 unspecified atom stereocenters. The molecule has 1 heterocycles. The molecule has 1 fully saturated rings. The Balaban J connectivity index is 1.84. The predicted octanol–water partition coefficient (Wildman–Crippen LogP) is -0.0553. The van der Waals surface area contributed by atoms with E-state index in [4.69, 9.17) is 5.73 Å². The standard InChI is InChI=1S/C13H22N4O2/c1-17-7-11(6-16-17)12(14)13(19)15-5-9-3-2-4-10(9)8-18/h6-7,9-10,12,18H,2-5,8,14H2,1H3,(H,15,19). The highest BCUT2D eigenvalue weighted by molar-refractivity contribution is 5.82. The number of aryl methyl sites for hydroxylation is 1. The van der Waals surface area contributed by atoms with Gasteiger partial charge in [-0.25, -0.2) is 0 Å². The molecule has 0 radical (unpaired) electrons. The van der Waals surface area contributed by atoms with Crippen LogP contribution in [0.15, 0.2) is 12.4 Å². The molecule has 4 N–H and O–H groups in total. The molecule has 3 atom stereocenters. The number of hydrogen-bond donors (Lipinski definition) is 3. The molecule has 0 aliphatic heterocycles. The zero-order valence-electron chi connectivity index (χ0n) is 11.2. The summed E-state index contributed by atoms with van der Waals surface area (Å²) in [6.07, 6.45) is 6.59. The Bertz CT molecular complexity index is 432. The zero-order chi connectivity index (χ0) is 13.8. The number of nitrogens with two attached hydrogens (primary N) is 1. The molecular weight excluding hydrogens is 244 g/mol. The van der Waals surface area contributed by atoms with Crippen LogP contribution in [0.5, 0.6) is 0 Å². The summed E-state index contributed by atoms with van der Waals surface area (Å²) >= 11 is 0. The Morgan fingerprint density at radius 1 is 1.63 bits per heavy atom. The van der Waals surface area contributed by atoms with Gasteiger partial charge in [-0.3, -0.25) is 9.48 Å². The molecule has 19 heavy (non-hydrogen) atoms. The van der Waals surface area contributed by atoms with Gasteiger partial charge in [-0.1, -0.05) is 6.42 Å². The minimum absolute atomic E-state index is 0.184. The fourth-order valence-electron chi connectivity index (χ4n) is 2.72. The van der Waals surface area contributed by atoms with E-state index in [9.17, 15) is 9.90 Å². The monoisotopic (exact) mass is 266 g/mol. The molecule has 0 bridgehead atoms. The van der Waals surface area contributed by atoms with E-state index in [0.29, 0.717) is 23.9 Å². The number of aliphatic hydroxyl groups is 1. The van der Waals surface area contributed by atoms with E-state index in [1.165, 1.54) is 0 Å². The maximum Gasteiger partial charge on any atom is 0.241 e. The van der Waals surface area contributed by atoms with Crippen molar-refractivity contribution in [2.45, 2.75) is 25.3 Å². The quantitative estimate of drug-likeness (QED) is 0.696. The van der Waals surface area contributed by atoms with Crippen LogP contribution in [0.3, 0.4) is 0 Å². The Hall–Kier alpha value is -1.40. The van der Waals surface area contributed by atoms with E-state index >= 15 is 0 Å². The Morgan fingerprint density at radius 2 is 2.37 bits per heavy atom. The fraction of sp³-hybridized carbons (Fsp3) is 0.692. The van der Waals surface area contributed by atoms with E-state index in [1.807, 2.05) is 0 Å². The lowest BCUT2D eigenvalue weighted by Crippen LogP contribution is -2.37. The van der Waals surface area contributed by atoms with Crippen molar-refractivity contribution in [2.75, 3.05) is 13.2 Å². The van der Waals surface area contributed by atoms with Crippen molar-refractivity contribution in [3.63, 3.8) is 0 Å². The van der Waals surface area contributed by atoms with Gasteiger partial charge in [0, 0.05) is 32.0 Å². The fourth-order valence-corrected chi connectivity index (χ4v) is 2.72. The summed E-state index contributed by atoms with van der Waals surface area (Å²) in [4.78, 5) is 12.0. The maximum atomic E-state index is 12.0. The molecule has 6 nitrogen and oxygen atoms in total. The van der Waals surface area contributed by atoms with Gasteiger partial charge < -0.3 is 16.2 Å². The SMILES string of the molecule is Cn1cc(C(N)C(=O)NCC2CCCC2CO)cn1. The lowest BCUT2D eigenvalue weighted by atomic mass is 9.97. The van der Waals surface area contributed by atoms with Crippen molar-refractivity contribution in [1.29, 1.82) is 0 Å². The van der Waals surface area contributed by atoms with Crippen LogP contribution in [0.2, 0.25) is 0 Å². The second-order valence-electron chi connectivity index (χ2n) is 5.30. The van der Waals surface area contributed by atoms with Crippen LogP contribution in [0.1, 0.15) is 30.9 Å². The summed E-state index contributed by atoms with van der Waals surface area (Å²) in [7, 11) is 1.79. The van der Waals surface area contributed by atoms with Gasteiger partial charge in [-0.15, -0.1) is 0 Å². The molecule has 0 aromatic carbocycles. The van der Waals surface area contributed by atoms with Gasteiger partial charge in [-0.2, -0.15) is 5.10 Å². The molecule has 0 saturated heterocycles. The van der Waals surface area contributed by atoms with E-state index < -0.39 is 6.04 Å². The van der Waals surface area contributed by atoms with Crippen LogP contribution in [0, 0.1) is 11.8 Å². The molecule has 1 aromatic rings. The normalized spacial score (nSPS) is 24.4. The van der Waals surface area contributed by atoms with Crippen molar-refractivity contribution in [1.82, 2.24) is 15.1 Å². The first-order valence-electron chi connectivity index (χ1n) is 6.74. The molecule has 1 aliphatic carbocycles. The number of carbonyl (C=O) groups excluding carboxylic acids is 1. The summed E-state index contributed by atoms with van der Waals surface area (Å²) < 4.78 is 1.63. The highest BCUT2D eigenvalue weighted by Gasteiger charge is 2.27. The van der Waals surface area contributed by atoms with Crippen molar-refractivity contribution < 1.29 is 9.90 Å². The van der Waals surface area contributed by atoms with Crippen LogP contribution in [0.25, 0.3) is 0 Å². The number of carbonyl (C=O) groups is 1. The van der Waals surface area contributed by atoms with Crippen LogP contribution in [-0.4, -0.2) is 33.9 Å². The van der Waals surface area contributed by atoms with Crippen LogP contribution in [-0.2, 0) is 11.8 Å². The third-order valence-electron chi connectivity index (χ3n) is 3.96. The van der Waals surface area contributed by atoms with E-state index in [-0.39, 0.29) is 12.5 Å². The molecular formula is C13H22N4O2. The third-order valence-corrected chi connectivity index (χ3v) is 3.96. The maximum absolute atomic E-state index is 12.0. The molecule has 106 valence electrons. The topological polar surface area (TPSA) is 93.2 Å². The average Bonchev–Trinajstić information content (AvgIpc) is 3.03. The van der Waals surface area contributed by atoms with Crippen molar-refractivity contribution in [3.05, 3.63) is 18.0 Å². The van der Waals surface area contributed by atoms with Gasteiger partial charge in [0.25, 0.3) is 0 Å². The van der Waals surface area contributed by atoms with Gasteiger partial charge in [0.05, 0.1) is 6.20 Å². The number of rotatable bonds is 5. The number of nitrogens with one attached hydrogen (secondary N) is 1. The van der Waals surface area contributed by atoms with Crippen molar-refractivity contribution in [2.24, 2.45) is 24.6 Å². The molecule has 1 aliphatic rings. The highest BCUT2D eigenvalue weighted by atomic mass is 16.3. The number of nitrogens with zero attached hydrogens (tertiary/aromatic N) is 2. The van der Waals surface area contributed by atoms with Gasteiger partial charge >= 0.3 is 0 Å². The van der Waals surface area contributed by atoms with Gasteiger partial charge in [0.2, 0.25) is 5.91 Å². The summed E-state index contributed by atoms with van der Waals surface area (Å²) in [6, 6.07) is -0.678. The third kappa shape index (κ3) is 3.33. The smallest absolute Gasteiger partial charge is 0.241 e. The Labute approximate surface area is 113 Å². The molecule has 1 aromatic heterocycles. The summed E-state index contributed by atoms with van der Waals surface area (Å²) in [5, 5.41) is 16.1. The predicted molar refractivity (Wildman–Crippen MR) is 71.1 cm³/mol. The summed E-state index contributed by atoms with van der Waals surface area (Å²) in [5.41, 5.74) is 6.60. The molecule has 6 heteroatoms. The molecule has 1 saturated carbocycles. The number of hydrogen-bond acceptors (Lipinski definition) is 4. The Kier molecular flexibility index (Phi) is 4.55. The lowest BCUT2D eigenvalue weighted by Gasteiger charge is -2.19. The molecule has 2 rings (SSSR count). The second kappa shape index (κ2) is 6.16. The van der Waals surface area contributed by atoms with Crippen LogP contribution in [0.4, 0.5) is 0 Å². The van der Waals surface area contributed by atoms with Gasteiger partial charge in [0.15, 0.2) is 0 Å².